The second-order valence-corrected chi connectivity index (χ2v) is 9.97. The molecule has 0 saturated heterocycles. The maximum Gasteiger partial charge on any atom is 0.242 e. The molecule has 1 amide bonds. The third-order valence-electron chi connectivity index (χ3n) is 4.60. The number of hydrogen-bond acceptors (Lipinski definition) is 4. The normalized spacial score (nSPS) is 12.2. The first-order valence-corrected chi connectivity index (χ1v) is 12.6. The Bertz CT molecular complexity index is 1240. The summed E-state index contributed by atoms with van der Waals surface area (Å²) in [5.74, 6) is -0.210. The molecule has 33 heavy (non-hydrogen) atoms. The first-order chi connectivity index (χ1) is 15.7. The Balaban J connectivity index is 1.88. The van der Waals surface area contributed by atoms with Crippen LogP contribution >= 0.6 is 34.8 Å². The SMILES string of the molecule is CCOc1ccc(S(=O)(=O)N[C@H](Cc2ccccc2)C(=O)Nc2ccc(Cl)cc2Cl)cc1Cl. The predicted octanol–water partition coefficient (Wildman–Crippen LogP) is 5.57. The van der Waals surface area contributed by atoms with Crippen LogP contribution in [0.3, 0.4) is 0 Å². The number of amides is 1. The molecule has 174 valence electrons. The van der Waals surface area contributed by atoms with E-state index in [-0.39, 0.29) is 21.4 Å². The molecule has 0 aliphatic rings. The largest absolute Gasteiger partial charge is 0.492 e. The molecule has 0 heterocycles. The smallest absolute Gasteiger partial charge is 0.242 e. The second kappa shape index (κ2) is 11.2. The summed E-state index contributed by atoms with van der Waals surface area (Å²) in [6.07, 6.45) is 0.113. The van der Waals surface area contributed by atoms with Gasteiger partial charge < -0.3 is 10.1 Å². The highest BCUT2D eigenvalue weighted by atomic mass is 35.5. The van der Waals surface area contributed by atoms with Gasteiger partial charge in [-0.05, 0) is 55.3 Å². The van der Waals surface area contributed by atoms with Crippen molar-refractivity contribution in [3.63, 3.8) is 0 Å². The Kier molecular flexibility index (Phi) is 8.62. The van der Waals surface area contributed by atoms with Crippen molar-refractivity contribution < 1.29 is 17.9 Å². The van der Waals surface area contributed by atoms with Crippen molar-refractivity contribution in [2.75, 3.05) is 11.9 Å². The van der Waals surface area contributed by atoms with Crippen molar-refractivity contribution in [2.24, 2.45) is 0 Å². The zero-order valence-corrected chi connectivity index (χ0v) is 20.6. The number of carbonyl (C=O) groups is 1. The molecule has 6 nitrogen and oxygen atoms in total. The Morgan fingerprint density at radius 1 is 0.970 bits per heavy atom. The van der Waals surface area contributed by atoms with Crippen molar-refractivity contribution in [3.05, 3.63) is 87.4 Å². The fourth-order valence-electron chi connectivity index (χ4n) is 3.02. The third kappa shape index (κ3) is 6.85. The zero-order chi connectivity index (χ0) is 24.0. The van der Waals surface area contributed by atoms with Crippen LogP contribution < -0.4 is 14.8 Å². The summed E-state index contributed by atoms with van der Waals surface area (Å²) in [4.78, 5) is 13.0. The van der Waals surface area contributed by atoms with Crippen LogP contribution in [0.5, 0.6) is 5.75 Å². The van der Waals surface area contributed by atoms with Gasteiger partial charge in [0.05, 0.1) is 27.2 Å². The lowest BCUT2D eigenvalue weighted by Crippen LogP contribution is -2.45. The van der Waals surface area contributed by atoms with Crippen molar-refractivity contribution in [2.45, 2.75) is 24.3 Å². The van der Waals surface area contributed by atoms with Crippen LogP contribution in [-0.4, -0.2) is 27.0 Å². The van der Waals surface area contributed by atoms with Gasteiger partial charge in [0.15, 0.2) is 0 Å². The average molecular weight is 528 g/mol. The maximum atomic E-state index is 13.1. The summed E-state index contributed by atoms with van der Waals surface area (Å²) in [6, 6.07) is 16.6. The number of hydrogen-bond donors (Lipinski definition) is 2. The maximum absolute atomic E-state index is 13.1. The molecule has 0 aliphatic carbocycles. The molecule has 0 fully saturated rings. The van der Waals surface area contributed by atoms with Gasteiger partial charge in [0.25, 0.3) is 0 Å². The van der Waals surface area contributed by atoms with Gasteiger partial charge in [-0.1, -0.05) is 65.1 Å². The van der Waals surface area contributed by atoms with Crippen LogP contribution in [0.2, 0.25) is 15.1 Å². The number of ether oxygens (including phenoxy) is 1. The Labute approximate surface area is 207 Å². The lowest BCUT2D eigenvalue weighted by atomic mass is 10.1. The molecule has 2 N–H and O–H groups in total. The summed E-state index contributed by atoms with van der Waals surface area (Å²) in [5, 5.41) is 3.46. The van der Waals surface area contributed by atoms with Crippen molar-refractivity contribution in [1.29, 1.82) is 0 Å². The van der Waals surface area contributed by atoms with Gasteiger partial charge in [0.2, 0.25) is 15.9 Å². The van der Waals surface area contributed by atoms with E-state index in [0.717, 1.165) is 5.56 Å². The van der Waals surface area contributed by atoms with E-state index in [1.807, 2.05) is 6.07 Å². The van der Waals surface area contributed by atoms with Gasteiger partial charge in [-0.25, -0.2) is 8.42 Å². The molecule has 0 bridgehead atoms. The minimum absolute atomic E-state index is 0.0914. The van der Waals surface area contributed by atoms with E-state index in [1.165, 1.54) is 24.3 Å². The minimum Gasteiger partial charge on any atom is -0.492 e. The summed E-state index contributed by atoms with van der Waals surface area (Å²) in [6.45, 7) is 2.18. The van der Waals surface area contributed by atoms with E-state index in [9.17, 15) is 13.2 Å². The molecular formula is C23H21Cl3N2O4S. The van der Waals surface area contributed by atoms with E-state index < -0.39 is 22.0 Å². The number of carbonyl (C=O) groups excluding carboxylic acids is 1. The molecule has 0 aliphatic heterocycles. The molecule has 3 rings (SSSR count). The van der Waals surface area contributed by atoms with Gasteiger partial charge in [0.1, 0.15) is 11.8 Å². The van der Waals surface area contributed by atoms with E-state index in [1.54, 1.807) is 43.3 Å². The minimum atomic E-state index is -4.09. The van der Waals surface area contributed by atoms with Crippen LogP contribution in [-0.2, 0) is 21.2 Å². The Morgan fingerprint density at radius 2 is 1.70 bits per heavy atom. The molecule has 0 aromatic heterocycles. The third-order valence-corrected chi connectivity index (χ3v) is 6.91. The number of halogens is 3. The monoisotopic (exact) mass is 526 g/mol. The van der Waals surface area contributed by atoms with Crippen molar-refractivity contribution in [1.82, 2.24) is 4.72 Å². The van der Waals surface area contributed by atoms with Gasteiger partial charge in [0, 0.05) is 5.02 Å². The molecular weight excluding hydrogens is 507 g/mol. The van der Waals surface area contributed by atoms with Crippen molar-refractivity contribution >= 4 is 56.4 Å². The van der Waals surface area contributed by atoms with E-state index in [2.05, 4.69) is 10.0 Å². The molecule has 1 atom stereocenters. The quantitative estimate of drug-likeness (QED) is 0.381. The summed E-state index contributed by atoms with van der Waals surface area (Å²) in [5.41, 5.74) is 1.08. The van der Waals surface area contributed by atoms with Crippen LogP contribution in [0, 0.1) is 0 Å². The second-order valence-electron chi connectivity index (χ2n) is 7.00. The van der Waals surface area contributed by atoms with E-state index >= 15 is 0 Å². The molecule has 0 radical (unpaired) electrons. The van der Waals surface area contributed by atoms with E-state index in [4.69, 9.17) is 39.5 Å². The highest BCUT2D eigenvalue weighted by Gasteiger charge is 2.27. The number of sulfonamides is 1. The number of anilines is 1. The lowest BCUT2D eigenvalue weighted by Gasteiger charge is -2.19. The predicted molar refractivity (Wildman–Crippen MR) is 132 cm³/mol. The summed E-state index contributed by atoms with van der Waals surface area (Å²) >= 11 is 18.2. The number of benzene rings is 3. The Hall–Kier alpha value is -2.29. The number of rotatable bonds is 9. The zero-order valence-electron chi connectivity index (χ0n) is 17.5. The van der Waals surface area contributed by atoms with Gasteiger partial charge in [-0.2, -0.15) is 4.72 Å². The fraction of sp³-hybridized carbons (Fsp3) is 0.174. The van der Waals surface area contributed by atoms with Crippen LogP contribution in [0.15, 0.2) is 71.6 Å². The lowest BCUT2D eigenvalue weighted by molar-refractivity contribution is -0.117. The van der Waals surface area contributed by atoms with E-state index in [0.29, 0.717) is 23.1 Å². The Morgan fingerprint density at radius 3 is 2.33 bits per heavy atom. The topological polar surface area (TPSA) is 84.5 Å². The first kappa shape index (κ1) is 25.3. The molecule has 3 aromatic carbocycles. The number of nitrogens with one attached hydrogen (secondary N) is 2. The van der Waals surface area contributed by atoms with Crippen LogP contribution in [0.1, 0.15) is 12.5 Å². The molecule has 3 aromatic rings. The summed E-state index contributed by atoms with van der Waals surface area (Å²) < 4.78 is 34.0. The molecule has 0 spiro atoms. The van der Waals surface area contributed by atoms with Crippen LogP contribution in [0.25, 0.3) is 0 Å². The molecule has 10 heteroatoms. The van der Waals surface area contributed by atoms with Crippen molar-refractivity contribution in [3.8, 4) is 5.75 Å². The first-order valence-electron chi connectivity index (χ1n) is 9.94. The average Bonchev–Trinajstić information content (AvgIpc) is 2.77. The van der Waals surface area contributed by atoms with Crippen LogP contribution in [0.4, 0.5) is 5.69 Å². The van der Waals surface area contributed by atoms with Gasteiger partial charge in [-0.3, -0.25) is 4.79 Å². The highest BCUT2D eigenvalue weighted by molar-refractivity contribution is 7.89. The highest BCUT2D eigenvalue weighted by Crippen LogP contribution is 2.28. The standard InChI is InChI=1S/C23H21Cl3N2O4S/c1-2-32-22-11-9-17(14-19(22)26)33(30,31)28-21(12-15-6-4-3-5-7-15)23(29)27-20-10-8-16(24)13-18(20)25/h3-11,13-14,21,28H,2,12H2,1H3,(H,27,29)/t21-/m1/s1. The van der Waals surface area contributed by atoms with Gasteiger partial charge in [-0.15, -0.1) is 0 Å². The summed E-state index contributed by atoms with van der Waals surface area (Å²) in [7, 11) is -4.09. The van der Waals surface area contributed by atoms with Gasteiger partial charge >= 0.3 is 0 Å². The fourth-order valence-corrected chi connectivity index (χ4v) is 5.00. The molecule has 0 saturated carbocycles. The molecule has 0 unspecified atom stereocenters.